The Hall–Kier alpha value is -3.08. The first-order valence-corrected chi connectivity index (χ1v) is 6.89. The quantitative estimate of drug-likeness (QED) is 0.692. The van der Waals surface area contributed by atoms with Crippen molar-refractivity contribution in [3.05, 3.63) is 72.3 Å². The molecular formula is C17H15N5. The van der Waals surface area contributed by atoms with Crippen molar-refractivity contribution in [3.8, 4) is 0 Å². The highest BCUT2D eigenvalue weighted by Gasteiger charge is 2.00. The topological polar surface area (TPSA) is 55.4 Å². The summed E-state index contributed by atoms with van der Waals surface area (Å²) < 4.78 is 2.01. The van der Waals surface area contributed by atoms with Crippen molar-refractivity contribution in [2.75, 3.05) is 0 Å². The van der Waals surface area contributed by atoms with Crippen LogP contribution in [-0.4, -0.2) is 27.0 Å². The van der Waals surface area contributed by atoms with Crippen LogP contribution in [0.2, 0.25) is 0 Å². The Kier molecular flexibility index (Phi) is 4.15. The Morgan fingerprint density at radius 1 is 0.773 bits per heavy atom. The molecule has 0 atom stereocenters. The molecule has 3 aromatic heterocycles. The molecule has 0 radical (unpaired) electrons. The minimum absolute atomic E-state index is 0.687. The van der Waals surface area contributed by atoms with Crippen molar-refractivity contribution in [1.82, 2.24) is 14.5 Å². The van der Waals surface area contributed by atoms with Gasteiger partial charge >= 0.3 is 0 Å². The van der Waals surface area contributed by atoms with E-state index in [1.165, 1.54) is 0 Å². The van der Waals surface area contributed by atoms with Gasteiger partial charge in [0.2, 0.25) is 0 Å². The van der Waals surface area contributed by atoms with Crippen molar-refractivity contribution in [2.45, 2.75) is 0 Å². The van der Waals surface area contributed by atoms with Crippen molar-refractivity contribution < 1.29 is 0 Å². The van der Waals surface area contributed by atoms with Gasteiger partial charge in [0, 0.05) is 19.4 Å². The molecule has 3 aromatic rings. The molecule has 0 saturated carbocycles. The lowest BCUT2D eigenvalue weighted by molar-refractivity contribution is 0.909. The van der Waals surface area contributed by atoms with Gasteiger partial charge in [0.1, 0.15) is 0 Å². The lowest BCUT2D eigenvalue weighted by Gasteiger charge is -2.00. The molecule has 0 bridgehead atoms. The molecule has 0 aliphatic carbocycles. The summed E-state index contributed by atoms with van der Waals surface area (Å²) in [5.41, 5.74) is 1.96. The largest absolute Gasteiger partial charge is 0.342 e. The smallest absolute Gasteiger partial charge is 0.151 e. The van der Waals surface area contributed by atoms with Crippen LogP contribution in [0.4, 0.5) is 11.6 Å². The Balaban J connectivity index is 1.78. The highest BCUT2D eigenvalue weighted by atomic mass is 15.0. The highest BCUT2D eigenvalue weighted by Crippen LogP contribution is 2.09. The van der Waals surface area contributed by atoms with Gasteiger partial charge in [-0.3, -0.25) is 0 Å². The predicted octanol–water partition coefficient (Wildman–Crippen LogP) is 3.32. The summed E-state index contributed by atoms with van der Waals surface area (Å²) >= 11 is 0. The molecule has 0 aromatic carbocycles. The molecule has 0 spiro atoms. The molecule has 3 heterocycles. The van der Waals surface area contributed by atoms with Crippen LogP contribution in [0.5, 0.6) is 0 Å². The average Bonchev–Trinajstić information content (AvgIpc) is 2.93. The molecule has 0 aliphatic heterocycles. The van der Waals surface area contributed by atoms with Crippen LogP contribution in [0.1, 0.15) is 11.4 Å². The summed E-state index contributed by atoms with van der Waals surface area (Å²) in [6.45, 7) is 0. The average molecular weight is 289 g/mol. The fourth-order valence-corrected chi connectivity index (χ4v) is 1.93. The molecule has 0 unspecified atom stereocenters. The first-order valence-electron chi connectivity index (χ1n) is 6.89. The molecule has 0 aliphatic rings. The number of hydrogen-bond donors (Lipinski definition) is 0. The van der Waals surface area contributed by atoms with E-state index in [4.69, 9.17) is 0 Å². The molecule has 108 valence electrons. The summed E-state index contributed by atoms with van der Waals surface area (Å²) in [6, 6.07) is 15.3. The fourth-order valence-electron chi connectivity index (χ4n) is 1.93. The molecule has 22 heavy (non-hydrogen) atoms. The molecule has 0 fully saturated rings. The Labute approximate surface area is 128 Å². The zero-order valence-electron chi connectivity index (χ0n) is 12.2. The van der Waals surface area contributed by atoms with Gasteiger partial charge in [-0.05, 0) is 36.4 Å². The van der Waals surface area contributed by atoms with Crippen LogP contribution >= 0.6 is 0 Å². The van der Waals surface area contributed by atoms with Gasteiger partial charge in [-0.2, -0.15) is 0 Å². The van der Waals surface area contributed by atoms with Crippen molar-refractivity contribution in [2.24, 2.45) is 17.0 Å². The number of rotatable bonds is 4. The minimum Gasteiger partial charge on any atom is -0.342 e. The second-order valence-electron chi connectivity index (χ2n) is 4.63. The first kappa shape index (κ1) is 13.9. The normalized spacial score (nSPS) is 11.5. The maximum atomic E-state index is 4.36. The number of aromatic nitrogens is 3. The summed E-state index contributed by atoms with van der Waals surface area (Å²) in [5.74, 6) is 1.37. The third-order valence-electron chi connectivity index (χ3n) is 3.16. The standard InChI is InChI=1S/C17H15N5/c1-22-14(12-20-16-6-2-4-10-18-16)8-9-15(22)13-21-17-7-3-5-11-19-17/h2-13H,1H3/b20-12+,21-13?. The van der Waals surface area contributed by atoms with E-state index in [2.05, 4.69) is 20.0 Å². The van der Waals surface area contributed by atoms with Crippen LogP contribution in [-0.2, 0) is 7.05 Å². The van der Waals surface area contributed by atoms with E-state index in [0.717, 1.165) is 11.4 Å². The summed E-state index contributed by atoms with van der Waals surface area (Å²) in [5, 5.41) is 0. The maximum Gasteiger partial charge on any atom is 0.151 e. The van der Waals surface area contributed by atoms with E-state index in [1.54, 1.807) is 24.8 Å². The third-order valence-corrected chi connectivity index (χ3v) is 3.16. The van der Waals surface area contributed by atoms with Gasteiger partial charge in [-0.25, -0.2) is 20.0 Å². The van der Waals surface area contributed by atoms with Crippen LogP contribution in [0.25, 0.3) is 0 Å². The van der Waals surface area contributed by atoms with E-state index in [9.17, 15) is 0 Å². The molecule has 0 saturated heterocycles. The summed E-state index contributed by atoms with van der Waals surface area (Å²) in [4.78, 5) is 17.0. The monoisotopic (exact) mass is 289 g/mol. The van der Waals surface area contributed by atoms with Crippen molar-refractivity contribution >= 4 is 24.1 Å². The highest BCUT2D eigenvalue weighted by molar-refractivity contribution is 5.85. The van der Waals surface area contributed by atoms with Gasteiger partial charge in [0.25, 0.3) is 0 Å². The minimum atomic E-state index is 0.687. The molecule has 3 rings (SSSR count). The summed E-state index contributed by atoms with van der Waals surface area (Å²) in [7, 11) is 1.97. The third kappa shape index (κ3) is 3.32. The zero-order valence-corrected chi connectivity index (χ0v) is 12.2. The molecule has 0 N–H and O–H groups in total. The number of nitrogens with zero attached hydrogens (tertiary/aromatic N) is 5. The van der Waals surface area contributed by atoms with E-state index in [1.807, 2.05) is 60.1 Å². The van der Waals surface area contributed by atoms with Gasteiger partial charge in [0.05, 0.1) is 23.8 Å². The fraction of sp³-hybridized carbons (Fsp3) is 0.0588. The first-order chi connectivity index (χ1) is 10.8. The Morgan fingerprint density at radius 3 is 1.68 bits per heavy atom. The van der Waals surface area contributed by atoms with E-state index in [0.29, 0.717) is 11.6 Å². The number of aliphatic imine (C=N–C) groups is 2. The SMILES string of the molecule is Cn1c(C=Nc2ccccn2)ccc1/C=N/c1ccccn1. The van der Waals surface area contributed by atoms with E-state index < -0.39 is 0 Å². The maximum absolute atomic E-state index is 4.36. The van der Waals surface area contributed by atoms with Crippen LogP contribution in [0.15, 0.2) is 70.9 Å². The second-order valence-corrected chi connectivity index (χ2v) is 4.63. The lowest BCUT2D eigenvalue weighted by atomic mass is 10.4. The van der Waals surface area contributed by atoms with Crippen LogP contribution in [0, 0.1) is 0 Å². The lowest BCUT2D eigenvalue weighted by Crippen LogP contribution is -1.99. The Morgan fingerprint density at radius 2 is 1.27 bits per heavy atom. The van der Waals surface area contributed by atoms with E-state index >= 15 is 0 Å². The van der Waals surface area contributed by atoms with Gasteiger partial charge in [-0.15, -0.1) is 0 Å². The van der Waals surface area contributed by atoms with Crippen molar-refractivity contribution in [1.29, 1.82) is 0 Å². The van der Waals surface area contributed by atoms with Gasteiger partial charge in [0.15, 0.2) is 11.6 Å². The number of pyridine rings is 2. The molecule has 5 heteroatoms. The number of hydrogen-bond acceptors (Lipinski definition) is 4. The van der Waals surface area contributed by atoms with Gasteiger partial charge < -0.3 is 4.57 Å². The predicted molar refractivity (Wildman–Crippen MR) is 88.4 cm³/mol. The molecule has 5 nitrogen and oxygen atoms in total. The molecular weight excluding hydrogens is 274 g/mol. The van der Waals surface area contributed by atoms with Crippen molar-refractivity contribution in [3.63, 3.8) is 0 Å². The van der Waals surface area contributed by atoms with Gasteiger partial charge in [-0.1, -0.05) is 12.1 Å². The zero-order chi connectivity index (χ0) is 15.2. The molecule has 0 amide bonds. The Bertz CT molecular complexity index is 721. The second kappa shape index (κ2) is 6.58. The summed E-state index contributed by atoms with van der Waals surface area (Å²) in [6.07, 6.45) is 7.03. The van der Waals surface area contributed by atoms with Crippen LogP contribution < -0.4 is 0 Å². The van der Waals surface area contributed by atoms with E-state index in [-0.39, 0.29) is 0 Å². The van der Waals surface area contributed by atoms with Crippen LogP contribution in [0.3, 0.4) is 0 Å².